The molecule has 0 atom stereocenters. The van der Waals surface area contributed by atoms with Gasteiger partial charge in [0.05, 0.1) is 18.3 Å². The Balaban J connectivity index is 1.90. The zero-order chi connectivity index (χ0) is 11.9. The van der Waals surface area contributed by atoms with E-state index in [4.69, 9.17) is 0 Å². The fourth-order valence-electron chi connectivity index (χ4n) is 2.07. The van der Waals surface area contributed by atoms with Crippen LogP contribution in [-0.4, -0.2) is 31.9 Å². The zero-order valence-corrected chi connectivity index (χ0v) is 9.23. The van der Waals surface area contributed by atoms with Crippen molar-refractivity contribution in [3.8, 4) is 0 Å². The zero-order valence-electron chi connectivity index (χ0n) is 9.23. The van der Waals surface area contributed by atoms with Crippen LogP contribution in [0.1, 0.15) is 19.3 Å². The van der Waals surface area contributed by atoms with Crippen LogP contribution in [0.5, 0.6) is 0 Å². The van der Waals surface area contributed by atoms with Gasteiger partial charge in [-0.2, -0.15) is 4.98 Å². The molecular weight excluding hydrogens is 223 g/mol. The van der Waals surface area contributed by atoms with Crippen molar-refractivity contribution in [2.24, 2.45) is 0 Å². The highest BCUT2D eigenvalue weighted by molar-refractivity contribution is 5.44. The second-order valence-corrected chi connectivity index (χ2v) is 4.50. The molecule has 17 heavy (non-hydrogen) atoms. The fourth-order valence-corrected chi connectivity index (χ4v) is 2.07. The summed E-state index contributed by atoms with van der Waals surface area (Å²) in [5.41, 5.74) is 0.296. The highest BCUT2D eigenvalue weighted by atomic mass is 19.1. The van der Waals surface area contributed by atoms with Crippen LogP contribution in [0.25, 0.3) is 5.65 Å². The maximum absolute atomic E-state index is 13.0. The molecule has 1 saturated carbocycles. The number of pyridine rings is 1. The highest BCUT2D eigenvalue weighted by Crippen LogP contribution is 2.34. The van der Waals surface area contributed by atoms with Crippen molar-refractivity contribution in [3.63, 3.8) is 0 Å². The van der Waals surface area contributed by atoms with Gasteiger partial charge in [-0.15, -0.1) is 5.10 Å². The quantitative estimate of drug-likeness (QED) is 0.840. The Morgan fingerprint density at radius 3 is 2.94 bits per heavy atom. The molecule has 90 valence electrons. The maximum Gasteiger partial charge on any atom is 0.243 e. The number of fused-ring (bicyclic) bond motifs is 1. The minimum absolute atomic E-state index is 0.0664. The lowest BCUT2D eigenvalue weighted by molar-refractivity contribution is 0.143. The summed E-state index contributed by atoms with van der Waals surface area (Å²) in [4.78, 5) is 4.23. The monoisotopic (exact) mass is 236 g/mol. The van der Waals surface area contributed by atoms with Crippen LogP contribution >= 0.6 is 0 Å². The average Bonchev–Trinajstić information content (AvgIpc) is 2.65. The SMILES string of the molecule is OCC1(Nc2nc3ccc(F)cn3n2)CCC1. The Labute approximate surface area is 97.3 Å². The highest BCUT2D eigenvalue weighted by Gasteiger charge is 2.37. The number of nitrogens with zero attached hydrogens (tertiary/aromatic N) is 3. The van der Waals surface area contributed by atoms with Gasteiger partial charge in [0.2, 0.25) is 5.95 Å². The van der Waals surface area contributed by atoms with Gasteiger partial charge in [-0.05, 0) is 31.4 Å². The number of aliphatic hydroxyl groups excluding tert-OH is 1. The van der Waals surface area contributed by atoms with Crippen LogP contribution in [0.4, 0.5) is 10.3 Å². The molecule has 0 aliphatic heterocycles. The van der Waals surface area contributed by atoms with Gasteiger partial charge < -0.3 is 10.4 Å². The molecule has 2 aromatic heterocycles. The first kappa shape index (κ1) is 10.5. The number of aromatic nitrogens is 3. The lowest BCUT2D eigenvalue weighted by Gasteiger charge is -2.40. The van der Waals surface area contributed by atoms with Gasteiger partial charge in [-0.25, -0.2) is 8.91 Å². The van der Waals surface area contributed by atoms with E-state index >= 15 is 0 Å². The number of nitrogens with one attached hydrogen (secondary N) is 1. The molecule has 1 aliphatic rings. The molecule has 2 aromatic rings. The topological polar surface area (TPSA) is 62.5 Å². The van der Waals surface area contributed by atoms with Gasteiger partial charge >= 0.3 is 0 Å². The molecule has 0 radical (unpaired) electrons. The minimum Gasteiger partial charge on any atom is -0.394 e. The third-order valence-corrected chi connectivity index (χ3v) is 3.29. The first-order valence-corrected chi connectivity index (χ1v) is 5.62. The Hall–Kier alpha value is -1.69. The van der Waals surface area contributed by atoms with E-state index in [1.165, 1.54) is 16.8 Å². The summed E-state index contributed by atoms with van der Waals surface area (Å²) < 4.78 is 14.4. The molecule has 0 bridgehead atoms. The van der Waals surface area contributed by atoms with Gasteiger partial charge in [0, 0.05) is 0 Å². The third-order valence-electron chi connectivity index (χ3n) is 3.29. The number of rotatable bonds is 3. The van der Waals surface area contributed by atoms with Crippen LogP contribution in [0.3, 0.4) is 0 Å². The van der Waals surface area contributed by atoms with Crippen molar-refractivity contribution in [2.75, 3.05) is 11.9 Å². The molecule has 1 aliphatic carbocycles. The van der Waals surface area contributed by atoms with E-state index in [2.05, 4.69) is 15.4 Å². The van der Waals surface area contributed by atoms with Crippen LogP contribution in [0.15, 0.2) is 18.3 Å². The molecule has 6 heteroatoms. The van der Waals surface area contributed by atoms with Crippen molar-refractivity contribution in [1.82, 2.24) is 14.6 Å². The third kappa shape index (κ3) is 1.74. The van der Waals surface area contributed by atoms with E-state index < -0.39 is 0 Å². The summed E-state index contributed by atoms with van der Waals surface area (Å²) in [6.07, 6.45) is 4.19. The van der Waals surface area contributed by atoms with Crippen LogP contribution < -0.4 is 5.32 Å². The molecule has 3 rings (SSSR count). The first-order valence-electron chi connectivity index (χ1n) is 5.62. The van der Waals surface area contributed by atoms with E-state index in [0.29, 0.717) is 11.6 Å². The Morgan fingerprint density at radius 1 is 1.47 bits per heavy atom. The van der Waals surface area contributed by atoms with E-state index in [-0.39, 0.29) is 18.0 Å². The Kier molecular flexibility index (Phi) is 2.25. The number of hydrogen-bond acceptors (Lipinski definition) is 4. The van der Waals surface area contributed by atoms with Crippen molar-refractivity contribution in [2.45, 2.75) is 24.8 Å². The lowest BCUT2D eigenvalue weighted by atomic mass is 9.77. The summed E-state index contributed by atoms with van der Waals surface area (Å²) in [5.74, 6) is 0.0822. The summed E-state index contributed by atoms with van der Waals surface area (Å²) in [7, 11) is 0. The smallest absolute Gasteiger partial charge is 0.243 e. The normalized spacial score (nSPS) is 18.0. The fraction of sp³-hybridized carbons (Fsp3) is 0.455. The van der Waals surface area contributed by atoms with E-state index in [9.17, 15) is 9.50 Å². The van der Waals surface area contributed by atoms with Crippen molar-refractivity contribution < 1.29 is 9.50 Å². The van der Waals surface area contributed by atoms with Crippen LogP contribution in [0.2, 0.25) is 0 Å². The molecule has 0 spiro atoms. The first-order chi connectivity index (χ1) is 8.21. The second-order valence-electron chi connectivity index (χ2n) is 4.50. The lowest BCUT2D eigenvalue weighted by Crippen LogP contribution is -2.48. The predicted molar refractivity (Wildman–Crippen MR) is 60.2 cm³/mol. The molecule has 0 saturated heterocycles. The molecule has 0 unspecified atom stereocenters. The van der Waals surface area contributed by atoms with Gasteiger partial charge in [-0.1, -0.05) is 0 Å². The van der Waals surface area contributed by atoms with E-state index in [0.717, 1.165) is 19.3 Å². The summed E-state index contributed by atoms with van der Waals surface area (Å²) in [5, 5.41) is 16.6. The molecule has 1 fully saturated rings. The van der Waals surface area contributed by atoms with Crippen molar-refractivity contribution >= 4 is 11.6 Å². The maximum atomic E-state index is 13.0. The Bertz CT molecular complexity index is 544. The van der Waals surface area contributed by atoms with Crippen molar-refractivity contribution in [3.05, 3.63) is 24.1 Å². The molecule has 0 amide bonds. The van der Waals surface area contributed by atoms with E-state index in [1.54, 1.807) is 6.07 Å². The van der Waals surface area contributed by atoms with E-state index in [1.807, 2.05) is 0 Å². The molecule has 2 N–H and O–H groups in total. The number of aliphatic hydroxyl groups is 1. The van der Waals surface area contributed by atoms with Gasteiger partial charge in [0.1, 0.15) is 5.82 Å². The predicted octanol–water partition coefficient (Wildman–Crippen LogP) is 1.20. The van der Waals surface area contributed by atoms with Crippen LogP contribution in [0, 0.1) is 5.82 Å². The summed E-state index contributed by atoms with van der Waals surface area (Å²) in [6.45, 7) is 0.0664. The van der Waals surface area contributed by atoms with Crippen molar-refractivity contribution in [1.29, 1.82) is 0 Å². The van der Waals surface area contributed by atoms with Crippen LogP contribution in [-0.2, 0) is 0 Å². The van der Waals surface area contributed by atoms with Gasteiger partial charge in [-0.3, -0.25) is 0 Å². The largest absolute Gasteiger partial charge is 0.394 e. The summed E-state index contributed by atoms with van der Waals surface area (Å²) in [6, 6.07) is 2.92. The minimum atomic E-state index is -0.352. The number of halogens is 1. The molecule has 2 heterocycles. The average molecular weight is 236 g/mol. The van der Waals surface area contributed by atoms with Gasteiger partial charge in [0.15, 0.2) is 5.65 Å². The number of hydrogen-bond donors (Lipinski definition) is 2. The summed E-state index contributed by atoms with van der Waals surface area (Å²) >= 11 is 0. The van der Waals surface area contributed by atoms with Gasteiger partial charge in [0.25, 0.3) is 0 Å². The second kappa shape index (κ2) is 3.66. The molecular formula is C11H13FN4O. The standard InChI is InChI=1S/C11H13FN4O/c12-8-2-3-9-13-10(15-16(9)6-8)14-11(7-17)4-1-5-11/h2-3,6,17H,1,4-5,7H2,(H,14,15). The number of anilines is 1. The molecule has 0 aromatic carbocycles. The molecule has 5 nitrogen and oxygen atoms in total. The Morgan fingerprint density at radius 2 is 2.29 bits per heavy atom.